The van der Waals surface area contributed by atoms with E-state index in [4.69, 9.17) is 4.74 Å². The van der Waals surface area contributed by atoms with Crippen LogP contribution in [0.2, 0.25) is 0 Å². The summed E-state index contributed by atoms with van der Waals surface area (Å²) in [5.74, 6) is 0.815. The van der Waals surface area contributed by atoms with Gasteiger partial charge in [-0.25, -0.2) is 0 Å². The minimum atomic E-state index is 0.0784. The maximum absolute atomic E-state index is 12.5. The fraction of sp³-hybridized carbons (Fsp3) is 0.333. The van der Waals surface area contributed by atoms with Gasteiger partial charge in [-0.15, -0.1) is 0 Å². The van der Waals surface area contributed by atoms with E-state index in [0.717, 1.165) is 31.1 Å². The molecule has 0 radical (unpaired) electrons. The molecule has 0 bridgehead atoms. The minimum absolute atomic E-state index is 0.0784. The van der Waals surface area contributed by atoms with E-state index in [0.29, 0.717) is 18.2 Å². The average Bonchev–Trinajstić information content (AvgIpc) is 2.61. The largest absolute Gasteiger partial charge is 0.487 e. The second kappa shape index (κ2) is 7.24. The Kier molecular flexibility index (Phi) is 4.88. The Morgan fingerprint density at radius 3 is 2.83 bits per heavy atom. The summed E-state index contributed by atoms with van der Waals surface area (Å²) in [6.07, 6.45) is 1.74. The fourth-order valence-electron chi connectivity index (χ4n) is 2.63. The molecule has 1 atom stereocenters. The molecule has 2 aromatic rings. The first-order valence-electron chi connectivity index (χ1n) is 7.88. The summed E-state index contributed by atoms with van der Waals surface area (Å²) in [5, 5.41) is 3.34. The van der Waals surface area contributed by atoms with E-state index < -0.39 is 0 Å². The zero-order valence-corrected chi connectivity index (χ0v) is 13.2. The third-order valence-electron chi connectivity index (χ3n) is 3.87. The van der Waals surface area contributed by atoms with Crippen LogP contribution in [0.4, 0.5) is 0 Å². The van der Waals surface area contributed by atoms with E-state index in [2.05, 4.69) is 17.2 Å². The number of hydrogen-bond donors (Lipinski definition) is 1. The number of benzene rings is 1. The van der Waals surface area contributed by atoms with Gasteiger partial charge in [0.15, 0.2) is 0 Å². The number of rotatable bonds is 4. The molecule has 1 fully saturated rings. The highest BCUT2D eigenvalue weighted by atomic mass is 16.5. The van der Waals surface area contributed by atoms with Gasteiger partial charge >= 0.3 is 0 Å². The van der Waals surface area contributed by atoms with Crippen molar-refractivity contribution in [2.24, 2.45) is 0 Å². The first-order chi connectivity index (χ1) is 11.2. The molecule has 1 N–H and O–H groups in total. The van der Waals surface area contributed by atoms with Crippen LogP contribution in [0, 0.1) is 0 Å². The highest BCUT2D eigenvalue weighted by Gasteiger charge is 2.21. The number of pyridine rings is 1. The maximum Gasteiger partial charge on any atom is 0.253 e. The van der Waals surface area contributed by atoms with E-state index >= 15 is 0 Å². The van der Waals surface area contributed by atoms with E-state index in [1.807, 2.05) is 47.4 Å². The molecule has 1 aromatic heterocycles. The molecule has 3 rings (SSSR count). The Balaban J connectivity index is 1.59. The van der Waals surface area contributed by atoms with Gasteiger partial charge in [0.05, 0.1) is 5.69 Å². The zero-order valence-electron chi connectivity index (χ0n) is 13.2. The predicted molar refractivity (Wildman–Crippen MR) is 88.4 cm³/mol. The number of carbonyl (C=O) groups is 1. The fourth-order valence-corrected chi connectivity index (χ4v) is 2.63. The quantitative estimate of drug-likeness (QED) is 0.939. The normalized spacial score (nSPS) is 17.8. The van der Waals surface area contributed by atoms with Gasteiger partial charge < -0.3 is 15.0 Å². The number of piperazine rings is 1. The van der Waals surface area contributed by atoms with Crippen LogP contribution >= 0.6 is 0 Å². The molecule has 1 aromatic carbocycles. The number of aromatic nitrogens is 1. The van der Waals surface area contributed by atoms with Gasteiger partial charge in [-0.2, -0.15) is 0 Å². The van der Waals surface area contributed by atoms with Crippen LogP contribution in [0.3, 0.4) is 0 Å². The number of nitrogens with one attached hydrogen (secondary N) is 1. The summed E-state index contributed by atoms with van der Waals surface area (Å²) in [6.45, 7) is 4.85. The van der Waals surface area contributed by atoms with E-state index in [1.165, 1.54) is 0 Å². The van der Waals surface area contributed by atoms with Crippen molar-refractivity contribution in [3.63, 3.8) is 0 Å². The Bertz CT molecular complexity index is 643. The maximum atomic E-state index is 12.5. The second-order valence-electron chi connectivity index (χ2n) is 5.74. The Morgan fingerprint density at radius 2 is 2.13 bits per heavy atom. The first-order valence-corrected chi connectivity index (χ1v) is 7.88. The summed E-state index contributed by atoms with van der Waals surface area (Å²) in [4.78, 5) is 18.6. The van der Waals surface area contributed by atoms with Gasteiger partial charge in [0.1, 0.15) is 12.4 Å². The number of nitrogens with zero attached hydrogens (tertiary/aromatic N) is 2. The van der Waals surface area contributed by atoms with Gasteiger partial charge in [0, 0.05) is 37.4 Å². The molecule has 120 valence electrons. The summed E-state index contributed by atoms with van der Waals surface area (Å²) < 4.78 is 5.69. The monoisotopic (exact) mass is 311 g/mol. The molecular weight excluding hydrogens is 290 g/mol. The van der Waals surface area contributed by atoms with Crippen molar-refractivity contribution in [1.29, 1.82) is 0 Å². The lowest BCUT2D eigenvalue weighted by atomic mass is 10.1. The van der Waals surface area contributed by atoms with Gasteiger partial charge in [0.2, 0.25) is 0 Å². The standard InChI is InChI=1S/C18H21N3O2/c1-14-12-21(11-10-19-14)18(22)15-5-7-17(8-6-15)23-13-16-4-2-3-9-20-16/h2-9,14,19H,10-13H2,1H3. The van der Waals surface area contributed by atoms with Crippen LogP contribution in [-0.4, -0.2) is 41.5 Å². The summed E-state index contributed by atoms with van der Waals surface area (Å²) in [6, 6.07) is 13.4. The Labute approximate surface area is 136 Å². The number of hydrogen-bond acceptors (Lipinski definition) is 4. The number of ether oxygens (including phenoxy) is 1. The molecule has 0 spiro atoms. The molecule has 0 saturated carbocycles. The minimum Gasteiger partial charge on any atom is -0.487 e. The summed E-state index contributed by atoms with van der Waals surface area (Å²) >= 11 is 0. The van der Waals surface area contributed by atoms with Crippen LogP contribution in [0.25, 0.3) is 0 Å². The molecule has 1 aliphatic heterocycles. The molecule has 23 heavy (non-hydrogen) atoms. The van der Waals surface area contributed by atoms with Gasteiger partial charge in [-0.05, 0) is 43.3 Å². The summed E-state index contributed by atoms with van der Waals surface area (Å²) in [7, 11) is 0. The zero-order chi connectivity index (χ0) is 16.1. The van der Waals surface area contributed by atoms with Crippen molar-refractivity contribution < 1.29 is 9.53 Å². The van der Waals surface area contributed by atoms with Crippen LogP contribution in [0.1, 0.15) is 23.0 Å². The van der Waals surface area contributed by atoms with Gasteiger partial charge in [-0.3, -0.25) is 9.78 Å². The van der Waals surface area contributed by atoms with E-state index in [9.17, 15) is 4.79 Å². The molecule has 1 saturated heterocycles. The number of carbonyl (C=O) groups excluding carboxylic acids is 1. The van der Waals surface area contributed by atoms with Crippen molar-refractivity contribution >= 4 is 5.91 Å². The lowest BCUT2D eigenvalue weighted by Crippen LogP contribution is -2.51. The van der Waals surface area contributed by atoms with E-state index in [-0.39, 0.29) is 5.91 Å². The van der Waals surface area contributed by atoms with Crippen molar-refractivity contribution in [2.75, 3.05) is 19.6 Å². The van der Waals surface area contributed by atoms with Crippen molar-refractivity contribution in [1.82, 2.24) is 15.2 Å². The Hall–Kier alpha value is -2.40. The second-order valence-corrected chi connectivity index (χ2v) is 5.74. The van der Waals surface area contributed by atoms with Crippen LogP contribution in [0.15, 0.2) is 48.7 Å². The lowest BCUT2D eigenvalue weighted by Gasteiger charge is -2.32. The Morgan fingerprint density at radius 1 is 1.30 bits per heavy atom. The van der Waals surface area contributed by atoms with Crippen LogP contribution in [0.5, 0.6) is 5.75 Å². The molecule has 2 heterocycles. The van der Waals surface area contributed by atoms with Crippen molar-refractivity contribution in [3.8, 4) is 5.75 Å². The SMILES string of the molecule is CC1CN(C(=O)c2ccc(OCc3ccccn3)cc2)CCN1. The molecule has 1 amide bonds. The van der Waals surface area contributed by atoms with Gasteiger partial charge in [-0.1, -0.05) is 6.07 Å². The molecular formula is C18H21N3O2. The van der Waals surface area contributed by atoms with Crippen molar-refractivity contribution in [2.45, 2.75) is 19.6 Å². The molecule has 1 unspecified atom stereocenters. The van der Waals surface area contributed by atoms with E-state index in [1.54, 1.807) is 6.20 Å². The van der Waals surface area contributed by atoms with Gasteiger partial charge in [0.25, 0.3) is 5.91 Å². The highest BCUT2D eigenvalue weighted by Crippen LogP contribution is 2.15. The summed E-state index contributed by atoms with van der Waals surface area (Å²) in [5.41, 5.74) is 1.58. The van der Waals surface area contributed by atoms with Crippen LogP contribution in [-0.2, 0) is 6.61 Å². The topological polar surface area (TPSA) is 54.5 Å². The third-order valence-corrected chi connectivity index (χ3v) is 3.87. The molecule has 1 aliphatic rings. The number of amides is 1. The molecule has 5 nitrogen and oxygen atoms in total. The average molecular weight is 311 g/mol. The third kappa shape index (κ3) is 4.07. The highest BCUT2D eigenvalue weighted by molar-refractivity contribution is 5.94. The van der Waals surface area contributed by atoms with Crippen LogP contribution < -0.4 is 10.1 Å². The predicted octanol–water partition coefficient (Wildman–Crippen LogP) is 2.09. The molecule has 5 heteroatoms. The molecule has 0 aliphatic carbocycles. The van der Waals surface area contributed by atoms with Crippen molar-refractivity contribution in [3.05, 3.63) is 59.9 Å². The lowest BCUT2D eigenvalue weighted by molar-refractivity contribution is 0.0709. The first kappa shape index (κ1) is 15.5. The smallest absolute Gasteiger partial charge is 0.253 e.